The lowest BCUT2D eigenvalue weighted by Crippen LogP contribution is -2.53. The molecule has 2 aromatic heterocycles. The van der Waals surface area contributed by atoms with Crippen molar-refractivity contribution >= 4 is 16.6 Å². The van der Waals surface area contributed by atoms with Gasteiger partial charge in [-0.3, -0.25) is 15.0 Å². The Labute approximate surface area is 221 Å². The van der Waals surface area contributed by atoms with Crippen LogP contribution in [0.15, 0.2) is 73.2 Å². The maximum atomic E-state index is 14.6. The van der Waals surface area contributed by atoms with Crippen LogP contribution >= 0.6 is 0 Å². The number of likely N-dealkylation sites (tertiary alicyclic amines) is 1. The van der Waals surface area contributed by atoms with E-state index < -0.39 is 23.2 Å². The number of rotatable bonds is 8. The van der Waals surface area contributed by atoms with Crippen LogP contribution in [0, 0.1) is 10.1 Å². The van der Waals surface area contributed by atoms with Crippen molar-refractivity contribution in [1.82, 2.24) is 19.4 Å². The molecule has 3 heterocycles. The molecule has 0 aliphatic carbocycles. The Morgan fingerprint density at radius 1 is 1.05 bits per heavy atom. The first-order valence-corrected chi connectivity index (χ1v) is 12.4. The molecule has 5 rings (SSSR count). The first-order valence-electron chi connectivity index (χ1n) is 12.4. The van der Waals surface area contributed by atoms with Crippen molar-refractivity contribution in [2.75, 3.05) is 19.6 Å². The predicted molar refractivity (Wildman–Crippen MR) is 136 cm³/mol. The molecule has 9 nitrogen and oxygen atoms in total. The molecule has 1 unspecified atom stereocenters. The minimum Gasteiger partial charge on any atom is -0.460 e. The van der Waals surface area contributed by atoms with Gasteiger partial charge in [0.2, 0.25) is 5.60 Å². The molecule has 1 fully saturated rings. The Hall–Kier alpha value is -4.03. The molecule has 204 valence electrons. The summed E-state index contributed by atoms with van der Waals surface area (Å²) in [4.78, 5) is 20.4. The highest BCUT2D eigenvalue weighted by molar-refractivity contribution is 5.87. The van der Waals surface area contributed by atoms with Gasteiger partial charge in [-0.05, 0) is 30.5 Å². The number of halogens is 3. The Bertz CT molecular complexity index is 1440. The Kier molecular flexibility index (Phi) is 7.23. The van der Waals surface area contributed by atoms with E-state index in [1.54, 1.807) is 35.5 Å². The molecular weight excluding hydrogens is 515 g/mol. The Morgan fingerprint density at radius 3 is 2.38 bits per heavy atom. The van der Waals surface area contributed by atoms with Crippen molar-refractivity contribution < 1.29 is 27.9 Å². The van der Waals surface area contributed by atoms with Crippen LogP contribution in [0.5, 0.6) is 6.01 Å². The zero-order chi connectivity index (χ0) is 27.6. The zero-order valence-corrected chi connectivity index (χ0v) is 20.8. The van der Waals surface area contributed by atoms with Gasteiger partial charge in [-0.15, -0.1) is 0 Å². The molecule has 1 N–H and O–H groups in total. The van der Waals surface area contributed by atoms with E-state index in [0.29, 0.717) is 12.8 Å². The summed E-state index contributed by atoms with van der Waals surface area (Å²) in [7, 11) is 0. The monoisotopic (exact) mass is 541 g/mol. The maximum absolute atomic E-state index is 14.6. The largest absolute Gasteiger partial charge is 0.460 e. The fraction of sp³-hybridized carbons (Fsp3) is 0.333. The third-order valence-corrected chi connectivity index (χ3v) is 6.99. The van der Waals surface area contributed by atoms with Crippen molar-refractivity contribution in [3.05, 3.63) is 94.4 Å². The fourth-order valence-corrected chi connectivity index (χ4v) is 4.97. The first-order chi connectivity index (χ1) is 18.6. The average molecular weight is 542 g/mol. The average Bonchev–Trinajstić information content (AvgIpc) is 3.28. The molecule has 4 aromatic rings. The number of hydrogen-bond acceptors (Lipinski definition) is 7. The number of piperidine rings is 1. The minimum atomic E-state index is -5.01. The first kappa shape index (κ1) is 26.6. The molecular formula is C27H26F3N5O4. The lowest BCUT2D eigenvalue weighted by atomic mass is 9.91. The molecule has 0 saturated carbocycles. The van der Waals surface area contributed by atoms with Crippen molar-refractivity contribution in [3.8, 4) is 6.01 Å². The van der Waals surface area contributed by atoms with Crippen molar-refractivity contribution in [1.29, 1.82) is 0 Å². The number of fused-ring (bicyclic) bond motifs is 1. The van der Waals surface area contributed by atoms with Crippen LogP contribution in [0.25, 0.3) is 10.9 Å². The van der Waals surface area contributed by atoms with Gasteiger partial charge in [0.05, 0.1) is 10.4 Å². The summed E-state index contributed by atoms with van der Waals surface area (Å²) in [5.74, 6) is 0. The lowest BCUT2D eigenvalue weighted by molar-refractivity contribution is -0.384. The highest BCUT2D eigenvalue weighted by Crippen LogP contribution is 2.44. The van der Waals surface area contributed by atoms with Crippen LogP contribution in [0.4, 0.5) is 18.9 Å². The van der Waals surface area contributed by atoms with Crippen molar-refractivity contribution in [2.45, 2.75) is 37.3 Å². The number of nitrogens with zero attached hydrogens (tertiary/aromatic N) is 5. The highest BCUT2D eigenvalue weighted by Gasteiger charge is 2.57. The van der Waals surface area contributed by atoms with E-state index >= 15 is 0 Å². The maximum Gasteiger partial charge on any atom is 0.422 e. The number of ether oxygens (including phenoxy) is 1. The van der Waals surface area contributed by atoms with Gasteiger partial charge in [-0.1, -0.05) is 30.3 Å². The lowest BCUT2D eigenvalue weighted by Gasteiger charge is -2.38. The van der Waals surface area contributed by atoms with E-state index in [1.165, 1.54) is 22.9 Å². The van der Waals surface area contributed by atoms with Gasteiger partial charge in [0.15, 0.2) is 0 Å². The Balaban J connectivity index is 1.45. The summed E-state index contributed by atoms with van der Waals surface area (Å²) in [6.07, 6.45) is -0.0323. The van der Waals surface area contributed by atoms with E-state index in [2.05, 4.69) is 9.97 Å². The summed E-state index contributed by atoms with van der Waals surface area (Å²) >= 11 is 0. The van der Waals surface area contributed by atoms with E-state index in [0.717, 1.165) is 11.6 Å². The fourth-order valence-electron chi connectivity index (χ4n) is 4.97. The number of aliphatic hydroxyl groups is 1. The summed E-state index contributed by atoms with van der Waals surface area (Å²) in [5, 5.41) is 22.9. The van der Waals surface area contributed by atoms with Gasteiger partial charge in [0.25, 0.3) is 5.69 Å². The van der Waals surface area contributed by atoms with Crippen LogP contribution in [-0.4, -0.2) is 61.4 Å². The van der Waals surface area contributed by atoms with E-state index in [9.17, 15) is 28.4 Å². The number of aromatic nitrogens is 3. The SMILES string of the molecule is O=[N+]([O-])c1ccc2c(C(O)(CN3CCC(Oc4ncccn4)CC3)C(F)(F)F)cn(Cc3ccccc3)c2c1. The quantitative estimate of drug-likeness (QED) is 0.255. The molecule has 1 saturated heterocycles. The van der Waals surface area contributed by atoms with Crippen LogP contribution in [-0.2, 0) is 12.1 Å². The summed E-state index contributed by atoms with van der Waals surface area (Å²) in [6, 6.07) is 14.6. The van der Waals surface area contributed by atoms with Gasteiger partial charge in [-0.2, -0.15) is 13.2 Å². The normalized spacial score (nSPS) is 16.7. The summed E-state index contributed by atoms with van der Waals surface area (Å²) in [5.41, 5.74) is -2.76. The van der Waals surface area contributed by atoms with Crippen LogP contribution < -0.4 is 4.74 Å². The van der Waals surface area contributed by atoms with Gasteiger partial charge >= 0.3 is 12.2 Å². The number of hydrogen-bond donors (Lipinski definition) is 1. The van der Waals surface area contributed by atoms with Crippen molar-refractivity contribution in [3.63, 3.8) is 0 Å². The second-order valence-corrected chi connectivity index (χ2v) is 9.60. The third kappa shape index (κ3) is 5.57. The third-order valence-electron chi connectivity index (χ3n) is 6.99. The molecule has 12 heteroatoms. The Morgan fingerprint density at radius 2 is 1.74 bits per heavy atom. The summed E-state index contributed by atoms with van der Waals surface area (Å²) < 4.78 is 51.2. The highest BCUT2D eigenvalue weighted by atomic mass is 19.4. The smallest absolute Gasteiger partial charge is 0.422 e. The van der Waals surface area contributed by atoms with E-state index in [4.69, 9.17) is 4.74 Å². The standard InChI is InChI=1S/C27H26F3N5O4/c28-27(29,30)26(36,18-33-13-9-21(10-14-33)39-25-31-11-4-12-32-25)23-17-34(16-19-5-2-1-3-6-19)24-15-20(35(37)38)7-8-22(23)24/h1-8,11-12,15,17,21,36H,9-10,13-14,16,18H2. The number of nitro benzene ring substituents is 1. The molecule has 1 aliphatic heterocycles. The second-order valence-electron chi connectivity index (χ2n) is 9.60. The van der Waals surface area contributed by atoms with Gasteiger partial charge in [0.1, 0.15) is 6.10 Å². The van der Waals surface area contributed by atoms with Crippen LogP contribution in [0.2, 0.25) is 0 Å². The van der Waals surface area contributed by atoms with E-state index in [1.807, 2.05) is 18.2 Å². The number of alkyl halides is 3. The summed E-state index contributed by atoms with van der Waals surface area (Å²) in [6.45, 7) is 0.0251. The topological polar surface area (TPSA) is 107 Å². The molecule has 0 radical (unpaired) electrons. The number of non-ortho nitro benzene ring substituents is 1. The van der Waals surface area contributed by atoms with Crippen LogP contribution in [0.3, 0.4) is 0 Å². The molecule has 0 bridgehead atoms. The van der Waals surface area contributed by atoms with Crippen LogP contribution in [0.1, 0.15) is 24.0 Å². The number of nitro groups is 1. The molecule has 1 aliphatic rings. The molecule has 0 amide bonds. The van der Waals surface area contributed by atoms with Crippen molar-refractivity contribution in [2.24, 2.45) is 0 Å². The zero-order valence-electron chi connectivity index (χ0n) is 20.8. The van der Waals surface area contributed by atoms with E-state index in [-0.39, 0.29) is 53.9 Å². The van der Waals surface area contributed by atoms with Gasteiger partial charge in [-0.25, -0.2) is 9.97 Å². The minimum absolute atomic E-state index is 0.107. The number of benzene rings is 2. The van der Waals surface area contributed by atoms with Gasteiger partial charge in [0, 0.05) is 67.9 Å². The number of β-amino-alcohol motifs (C(OH)–C–C–N with tert-alkyl or cyclic N) is 1. The second kappa shape index (κ2) is 10.6. The molecule has 2 aromatic carbocycles. The molecule has 39 heavy (non-hydrogen) atoms. The molecule has 1 atom stereocenters. The van der Waals surface area contributed by atoms with Gasteiger partial charge < -0.3 is 14.4 Å². The molecule has 0 spiro atoms. The predicted octanol–water partition coefficient (Wildman–Crippen LogP) is 4.68.